The molecule has 1 heterocycles. The lowest BCUT2D eigenvalue weighted by atomic mass is 10.0. The van der Waals surface area contributed by atoms with E-state index in [-0.39, 0.29) is 0 Å². The first-order valence-electron chi connectivity index (χ1n) is 5.09. The predicted octanol–water partition coefficient (Wildman–Crippen LogP) is 3.55. The summed E-state index contributed by atoms with van der Waals surface area (Å²) in [5.74, 6) is 0.562. The summed E-state index contributed by atoms with van der Waals surface area (Å²) in [6, 6.07) is 4.29. The van der Waals surface area contributed by atoms with E-state index < -0.39 is 0 Å². The fraction of sp³-hybridized carbons (Fsp3) is 0.308. The van der Waals surface area contributed by atoms with E-state index in [1.807, 2.05) is 6.20 Å². The van der Waals surface area contributed by atoms with Gasteiger partial charge < -0.3 is 0 Å². The first-order chi connectivity index (χ1) is 6.77. The van der Waals surface area contributed by atoms with E-state index in [2.05, 4.69) is 49.2 Å². The van der Waals surface area contributed by atoms with Crippen LogP contribution in [0.25, 0.3) is 5.57 Å². The molecule has 0 saturated carbocycles. The summed E-state index contributed by atoms with van der Waals surface area (Å²) in [4.78, 5) is 4.47. The number of nitrogens with zero attached hydrogens (tertiary/aromatic N) is 1. The van der Waals surface area contributed by atoms with Crippen molar-refractivity contribution in [2.45, 2.75) is 26.2 Å². The van der Waals surface area contributed by atoms with Crippen molar-refractivity contribution in [1.29, 1.82) is 0 Å². The Balaban J connectivity index is 2.22. The summed E-state index contributed by atoms with van der Waals surface area (Å²) < 4.78 is 0. The van der Waals surface area contributed by atoms with Crippen LogP contribution >= 0.6 is 0 Å². The van der Waals surface area contributed by atoms with E-state index in [4.69, 9.17) is 0 Å². The molecule has 0 saturated heterocycles. The van der Waals surface area contributed by atoms with Crippen LogP contribution in [0, 0.1) is 0 Å². The minimum Gasteiger partial charge on any atom is -0.256 e. The molecule has 0 radical (unpaired) electrons. The van der Waals surface area contributed by atoms with Crippen LogP contribution in [0.1, 0.15) is 37.4 Å². The lowest BCUT2D eigenvalue weighted by Gasteiger charge is -2.06. The van der Waals surface area contributed by atoms with Crippen molar-refractivity contribution < 1.29 is 0 Å². The molecule has 1 aliphatic rings. The van der Waals surface area contributed by atoms with E-state index in [0.29, 0.717) is 5.92 Å². The van der Waals surface area contributed by atoms with Crippen LogP contribution < -0.4 is 0 Å². The summed E-state index contributed by atoms with van der Waals surface area (Å²) in [5, 5.41) is 0. The maximum absolute atomic E-state index is 4.47. The highest BCUT2D eigenvalue weighted by atomic mass is 14.7. The van der Waals surface area contributed by atoms with Crippen LogP contribution in [0.4, 0.5) is 0 Å². The average Bonchev–Trinajstić information content (AvgIpc) is 2.71. The van der Waals surface area contributed by atoms with Gasteiger partial charge in [0.25, 0.3) is 0 Å². The highest BCUT2D eigenvalue weighted by Gasteiger charge is 2.05. The number of hydrogen-bond donors (Lipinski definition) is 0. The normalized spacial score (nSPS) is 14.9. The molecule has 0 bridgehead atoms. The van der Waals surface area contributed by atoms with Gasteiger partial charge in [0.1, 0.15) is 0 Å². The van der Waals surface area contributed by atoms with Crippen LogP contribution in [-0.2, 0) is 0 Å². The van der Waals surface area contributed by atoms with Gasteiger partial charge in [-0.1, -0.05) is 38.1 Å². The van der Waals surface area contributed by atoms with E-state index in [1.54, 1.807) is 0 Å². The van der Waals surface area contributed by atoms with Crippen molar-refractivity contribution in [3.05, 3.63) is 47.8 Å². The van der Waals surface area contributed by atoms with Crippen molar-refractivity contribution >= 4 is 5.57 Å². The van der Waals surface area contributed by atoms with E-state index in [1.165, 1.54) is 11.1 Å². The fourth-order valence-electron chi connectivity index (χ4n) is 1.57. The molecule has 1 nitrogen and oxygen atoms in total. The van der Waals surface area contributed by atoms with Gasteiger partial charge in [-0.25, -0.2) is 0 Å². The van der Waals surface area contributed by atoms with Crippen LogP contribution in [0.15, 0.2) is 36.6 Å². The summed E-state index contributed by atoms with van der Waals surface area (Å²) in [6.45, 7) is 4.38. The Hall–Kier alpha value is -1.37. The molecular weight excluding hydrogens is 170 g/mol. The molecule has 0 aromatic carbocycles. The highest BCUT2D eigenvalue weighted by Crippen LogP contribution is 2.22. The molecule has 1 aromatic heterocycles. The molecule has 1 aromatic rings. The van der Waals surface area contributed by atoms with Crippen molar-refractivity contribution in [1.82, 2.24) is 4.98 Å². The lowest BCUT2D eigenvalue weighted by Crippen LogP contribution is -1.92. The van der Waals surface area contributed by atoms with E-state index >= 15 is 0 Å². The molecule has 0 atom stereocenters. The van der Waals surface area contributed by atoms with Crippen molar-refractivity contribution in [3.8, 4) is 0 Å². The van der Waals surface area contributed by atoms with Gasteiger partial charge in [0.2, 0.25) is 0 Å². The monoisotopic (exact) mass is 185 g/mol. The Kier molecular flexibility index (Phi) is 2.49. The van der Waals surface area contributed by atoms with Gasteiger partial charge in [-0.2, -0.15) is 0 Å². The zero-order valence-electron chi connectivity index (χ0n) is 8.70. The minimum absolute atomic E-state index is 0.562. The third kappa shape index (κ3) is 1.77. The first kappa shape index (κ1) is 9.20. The average molecular weight is 185 g/mol. The van der Waals surface area contributed by atoms with Crippen molar-refractivity contribution in [2.75, 3.05) is 0 Å². The Morgan fingerprint density at radius 2 is 2.14 bits per heavy atom. The maximum atomic E-state index is 4.47. The Morgan fingerprint density at radius 3 is 2.64 bits per heavy atom. The van der Waals surface area contributed by atoms with Crippen LogP contribution in [-0.4, -0.2) is 4.98 Å². The second-order valence-corrected chi connectivity index (χ2v) is 3.96. The summed E-state index contributed by atoms with van der Waals surface area (Å²) in [6.07, 6.45) is 9.39. The fourth-order valence-corrected chi connectivity index (χ4v) is 1.57. The number of rotatable bonds is 2. The SMILES string of the molecule is CC(C)c1ccc(C2=CC=CC2)nc1. The predicted molar refractivity (Wildman–Crippen MR) is 60.1 cm³/mol. The molecular formula is C13H15N. The van der Waals surface area contributed by atoms with Crippen LogP contribution in [0.5, 0.6) is 0 Å². The first-order valence-corrected chi connectivity index (χ1v) is 5.09. The Morgan fingerprint density at radius 1 is 1.29 bits per heavy atom. The molecule has 0 amide bonds. The van der Waals surface area contributed by atoms with Crippen LogP contribution in [0.3, 0.4) is 0 Å². The third-order valence-electron chi connectivity index (χ3n) is 2.55. The molecule has 0 N–H and O–H groups in total. The summed E-state index contributed by atoms with van der Waals surface area (Å²) in [7, 11) is 0. The quantitative estimate of drug-likeness (QED) is 0.686. The lowest BCUT2D eigenvalue weighted by molar-refractivity contribution is 0.857. The van der Waals surface area contributed by atoms with Gasteiger partial charge in [0.15, 0.2) is 0 Å². The number of allylic oxidation sites excluding steroid dienone is 4. The van der Waals surface area contributed by atoms with Gasteiger partial charge in [0, 0.05) is 6.20 Å². The molecule has 14 heavy (non-hydrogen) atoms. The zero-order chi connectivity index (χ0) is 9.97. The number of pyridine rings is 1. The molecule has 1 aliphatic carbocycles. The molecule has 2 rings (SSSR count). The minimum atomic E-state index is 0.562. The highest BCUT2D eigenvalue weighted by molar-refractivity contribution is 5.68. The Labute approximate surface area is 85.2 Å². The molecule has 72 valence electrons. The third-order valence-corrected chi connectivity index (χ3v) is 2.55. The maximum Gasteiger partial charge on any atom is 0.0664 e. The molecule has 0 aliphatic heterocycles. The standard InChI is InChI=1S/C13H15N/c1-10(2)12-7-8-13(14-9-12)11-5-3-4-6-11/h3-5,7-10H,6H2,1-2H3. The summed E-state index contributed by atoms with van der Waals surface area (Å²) >= 11 is 0. The molecule has 0 unspecified atom stereocenters. The van der Waals surface area contributed by atoms with Gasteiger partial charge >= 0.3 is 0 Å². The summed E-state index contributed by atoms with van der Waals surface area (Å²) in [5.41, 5.74) is 3.74. The Bertz CT molecular complexity index is 369. The van der Waals surface area contributed by atoms with Gasteiger partial charge in [-0.15, -0.1) is 0 Å². The van der Waals surface area contributed by atoms with Crippen LogP contribution in [0.2, 0.25) is 0 Å². The van der Waals surface area contributed by atoms with E-state index in [9.17, 15) is 0 Å². The largest absolute Gasteiger partial charge is 0.256 e. The molecule has 1 heteroatoms. The van der Waals surface area contributed by atoms with E-state index in [0.717, 1.165) is 12.1 Å². The number of hydrogen-bond acceptors (Lipinski definition) is 1. The smallest absolute Gasteiger partial charge is 0.0664 e. The van der Waals surface area contributed by atoms with Gasteiger partial charge in [-0.3, -0.25) is 4.98 Å². The zero-order valence-corrected chi connectivity index (χ0v) is 8.70. The number of aromatic nitrogens is 1. The molecule has 0 spiro atoms. The van der Waals surface area contributed by atoms with Crippen molar-refractivity contribution in [3.63, 3.8) is 0 Å². The second-order valence-electron chi connectivity index (χ2n) is 3.96. The van der Waals surface area contributed by atoms with Gasteiger partial charge in [0.05, 0.1) is 5.69 Å². The topological polar surface area (TPSA) is 12.9 Å². The second kappa shape index (κ2) is 3.79. The molecule has 0 fully saturated rings. The van der Waals surface area contributed by atoms with Crippen molar-refractivity contribution in [2.24, 2.45) is 0 Å². The van der Waals surface area contributed by atoms with Gasteiger partial charge in [-0.05, 0) is 29.5 Å².